The number of ether oxygens (including phenoxy) is 1. The van der Waals surface area contributed by atoms with Crippen LogP contribution in [0.25, 0.3) is 17.1 Å². The number of carbonyl (C=O) groups excluding carboxylic acids is 1. The quantitative estimate of drug-likeness (QED) is 0.705. The van der Waals surface area contributed by atoms with Crippen LogP contribution >= 0.6 is 0 Å². The Hall–Kier alpha value is -2.99. The molecule has 0 unspecified atom stereocenters. The number of nitrogens with one attached hydrogen (secondary N) is 1. The van der Waals surface area contributed by atoms with Crippen molar-refractivity contribution in [1.82, 2.24) is 20.1 Å². The summed E-state index contributed by atoms with van der Waals surface area (Å²) in [4.78, 5) is 19.7. The number of hydrogen-bond donors (Lipinski definition) is 1. The molecule has 5 rings (SSSR count). The van der Waals surface area contributed by atoms with E-state index in [4.69, 9.17) is 4.74 Å². The van der Waals surface area contributed by atoms with Gasteiger partial charge in [0.05, 0.1) is 11.3 Å². The number of rotatable bonds is 3. The molecule has 142 valence electrons. The van der Waals surface area contributed by atoms with Crippen LogP contribution in [0.15, 0.2) is 36.2 Å². The van der Waals surface area contributed by atoms with E-state index < -0.39 is 0 Å². The molecule has 0 radical (unpaired) electrons. The molecule has 1 fully saturated rings. The summed E-state index contributed by atoms with van der Waals surface area (Å²) in [5, 5.41) is 8.05. The molecule has 28 heavy (non-hydrogen) atoms. The number of nitrogens with zero attached hydrogens (tertiary/aromatic N) is 3. The number of aryl methyl sites for hydroxylation is 1. The fourth-order valence-corrected chi connectivity index (χ4v) is 4.05. The molecule has 2 aromatic heterocycles. The van der Waals surface area contributed by atoms with Crippen molar-refractivity contribution in [1.29, 1.82) is 0 Å². The van der Waals surface area contributed by atoms with Gasteiger partial charge in [0.25, 0.3) is 0 Å². The number of ketones is 1. The third kappa shape index (κ3) is 2.90. The van der Waals surface area contributed by atoms with Crippen molar-refractivity contribution in [3.05, 3.63) is 58.6 Å². The molecule has 3 aromatic rings. The van der Waals surface area contributed by atoms with Crippen LogP contribution in [0, 0.1) is 6.92 Å². The molecule has 0 spiro atoms. The molecule has 2 aliphatic heterocycles. The van der Waals surface area contributed by atoms with Gasteiger partial charge in [-0.2, -0.15) is 5.10 Å². The number of carbonyl (C=O) groups is 1. The molecule has 0 aliphatic carbocycles. The van der Waals surface area contributed by atoms with Gasteiger partial charge in [-0.1, -0.05) is 12.5 Å². The standard InChI is InChI=1S/C22H22N4O2/c1-14-7-8-16-20(27)19(12-18-15-6-5-9-23-22(15)25-24-18)28-21(16)17(14)13-26-10-3-2-4-11-26/h5-9,12H,2-4,10-11,13H2,1H3,(H,23,24,25)/b19-12-. The molecule has 0 atom stereocenters. The van der Waals surface area contributed by atoms with E-state index in [1.807, 2.05) is 24.3 Å². The van der Waals surface area contributed by atoms with E-state index >= 15 is 0 Å². The Balaban J connectivity index is 1.50. The average molecular weight is 374 g/mol. The number of benzene rings is 1. The third-order valence-electron chi connectivity index (χ3n) is 5.64. The Kier molecular flexibility index (Phi) is 4.20. The van der Waals surface area contributed by atoms with Gasteiger partial charge >= 0.3 is 0 Å². The highest BCUT2D eigenvalue weighted by molar-refractivity contribution is 6.15. The molecular formula is C22H22N4O2. The second-order valence-corrected chi connectivity index (χ2v) is 7.52. The lowest BCUT2D eigenvalue weighted by atomic mass is 10.00. The molecule has 1 aromatic carbocycles. The van der Waals surface area contributed by atoms with Crippen LogP contribution in [0.3, 0.4) is 0 Å². The fourth-order valence-electron chi connectivity index (χ4n) is 4.05. The van der Waals surface area contributed by atoms with Crippen LogP contribution in [-0.4, -0.2) is 39.0 Å². The molecule has 4 heterocycles. The van der Waals surface area contributed by atoms with Crippen LogP contribution in [0.2, 0.25) is 0 Å². The smallest absolute Gasteiger partial charge is 0.232 e. The van der Waals surface area contributed by atoms with Crippen LogP contribution in [0.5, 0.6) is 5.75 Å². The number of aromatic amines is 1. The summed E-state index contributed by atoms with van der Waals surface area (Å²) in [5.41, 5.74) is 4.27. The number of piperidine rings is 1. The minimum atomic E-state index is -0.0880. The first-order valence-corrected chi connectivity index (χ1v) is 9.79. The fraction of sp³-hybridized carbons (Fsp3) is 0.318. The summed E-state index contributed by atoms with van der Waals surface area (Å²) < 4.78 is 6.11. The average Bonchev–Trinajstić information content (AvgIpc) is 3.27. The van der Waals surface area contributed by atoms with E-state index in [9.17, 15) is 4.79 Å². The van der Waals surface area contributed by atoms with Gasteiger partial charge in [0.15, 0.2) is 11.4 Å². The number of allylic oxidation sites excluding steroid dienone is 1. The van der Waals surface area contributed by atoms with Crippen LogP contribution in [0.4, 0.5) is 0 Å². The van der Waals surface area contributed by atoms with Crippen LogP contribution in [-0.2, 0) is 6.54 Å². The van der Waals surface area contributed by atoms with Gasteiger partial charge in [-0.25, -0.2) is 4.98 Å². The maximum atomic E-state index is 13.0. The number of likely N-dealkylation sites (tertiary alicyclic amines) is 1. The number of H-pyrrole nitrogens is 1. The lowest BCUT2D eigenvalue weighted by molar-refractivity contribution is 0.101. The first-order chi connectivity index (χ1) is 13.7. The SMILES string of the molecule is Cc1ccc2c(c1CN1CCCCC1)O/C(=C\c1n[nH]c3ncccc13)C2=O. The lowest BCUT2D eigenvalue weighted by Gasteiger charge is -2.27. The van der Waals surface area contributed by atoms with Crippen molar-refractivity contribution in [2.45, 2.75) is 32.7 Å². The highest BCUT2D eigenvalue weighted by atomic mass is 16.5. The zero-order chi connectivity index (χ0) is 19.1. The Morgan fingerprint density at radius 2 is 2.07 bits per heavy atom. The molecule has 0 saturated carbocycles. The summed E-state index contributed by atoms with van der Waals surface area (Å²) in [6.07, 6.45) is 7.19. The highest BCUT2D eigenvalue weighted by Gasteiger charge is 2.31. The summed E-state index contributed by atoms with van der Waals surface area (Å²) in [5.74, 6) is 0.937. The largest absolute Gasteiger partial charge is 0.452 e. The van der Waals surface area contributed by atoms with Crippen LogP contribution < -0.4 is 4.74 Å². The van der Waals surface area contributed by atoms with Gasteiger partial charge < -0.3 is 4.74 Å². The van der Waals surface area contributed by atoms with Crippen molar-refractivity contribution in [2.75, 3.05) is 13.1 Å². The summed E-state index contributed by atoms with van der Waals surface area (Å²) in [6.45, 7) is 5.12. The van der Waals surface area contributed by atoms with Gasteiger partial charge in [0.1, 0.15) is 5.75 Å². The van der Waals surface area contributed by atoms with Gasteiger partial charge in [-0.3, -0.25) is 14.8 Å². The van der Waals surface area contributed by atoms with Crippen molar-refractivity contribution in [3.8, 4) is 5.75 Å². The van der Waals surface area contributed by atoms with Crippen molar-refractivity contribution in [2.24, 2.45) is 0 Å². The number of hydrogen-bond acceptors (Lipinski definition) is 5. The Morgan fingerprint density at radius 3 is 2.93 bits per heavy atom. The van der Waals surface area contributed by atoms with Crippen molar-refractivity contribution >= 4 is 22.9 Å². The monoisotopic (exact) mass is 374 g/mol. The zero-order valence-corrected chi connectivity index (χ0v) is 15.9. The third-order valence-corrected chi connectivity index (χ3v) is 5.64. The number of aromatic nitrogens is 3. The Bertz CT molecular complexity index is 1090. The van der Waals surface area contributed by atoms with E-state index in [-0.39, 0.29) is 5.78 Å². The first kappa shape index (κ1) is 17.1. The number of pyridine rings is 1. The minimum absolute atomic E-state index is 0.0880. The minimum Gasteiger partial charge on any atom is -0.452 e. The van der Waals surface area contributed by atoms with E-state index in [1.54, 1.807) is 12.3 Å². The van der Waals surface area contributed by atoms with E-state index in [0.29, 0.717) is 28.4 Å². The molecule has 2 aliphatic rings. The summed E-state index contributed by atoms with van der Waals surface area (Å²) >= 11 is 0. The van der Waals surface area contributed by atoms with E-state index in [0.717, 1.165) is 36.1 Å². The van der Waals surface area contributed by atoms with Crippen molar-refractivity contribution < 1.29 is 9.53 Å². The van der Waals surface area contributed by atoms with Gasteiger partial charge in [-0.05, 0) is 56.6 Å². The van der Waals surface area contributed by atoms with Gasteiger partial charge in [0, 0.05) is 29.8 Å². The highest BCUT2D eigenvalue weighted by Crippen LogP contribution is 2.38. The summed E-state index contributed by atoms with van der Waals surface area (Å²) in [7, 11) is 0. The first-order valence-electron chi connectivity index (χ1n) is 9.79. The molecule has 1 N–H and O–H groups in total. The molecule has 6 heteroatoms. The van der Waals surface area contributed by atoms with E-state index in [2.05, 4.69) is 27.0 Å². The second-order valence-electron chi connectivity index (χ2n) is 7.52. The predicted octanol–water partition coefficient (Wildman–Crippen LogP) is 3.87. The van der Waals surface area contributed by atoms with Gasteiger partial charge in [-0.15, -0.1) is 0 Å². The van der Waals surface area contributed by atoms with Gasteiger partial charge in [0.2, 0.25) is 5.78 Å². The summed E-state index contributed by atoms with van der Waals surface area (Å²) in [6, 6.07) is 7.68. The van der Waals surface area contributed by atoms with Crippen LogP contribution in [0.1, 0.15) is 46.4 Å². The topological polar surface area (TPSA) is 71.1 Å². The molecule has 1 saturated heterocycles. The second kappa shape index (κ2) is 6.87. The normalized spacial score (nSPS) is 18.6. The van der Waals surface area contributed by atoms with E-state index in [1.165, 1.54) is 19.3 Å². The molecule has 6 nitrogen and oxygen atoms in total. The molecule has 0 amide bonds. The maximum absolute atomic E-state index is 13.0. The molecular weight excluding hydrogens is 352 g/mol. The van der Waals surface area contributed by atoms with Crippen molar-refractivity contribution in [3.63, 3.8) is 0 Å². The maximum Gasteiger partial charge on any atom is 0.232 e. The predicted molar refractivity (Wildman–Crippen MR) is 107 cm³/mol. The number of fused-ring (bicyclic) bond motifs is 2. The zero-order valence-electron chi connectivity index (χ0n) is 15.9. The molecule has 0 bridgehead atoms. The Morgan fingerprint density at radius 1 is 1.21 bits per heavy atom. The number of Topliss-reactive ketones (excluding diaryl/α,β-unsaturated/α-hetero) is 1. The lowest BCUT2D eigenvalue weighted by Crippen LogP contribution is -2.29. The Labute approximate surface area is 163 Å².